The average molecular weight is 352 g/mol. The van der Waals surface area contributed by atoms with Crippen molar-refractivity contribution in [2.75, 3.05) is 13.1 Å². The van der Waals surface area contributed by atoms with E-state index in [1.54, 1.807) is 0 Å². The molecule has 26 heavy (non-hydrogen) atoms. The van der Waals surface area contributed by atoms with Crippen molar-refractivity contribution < 1.29 is 9.90 Å². The smallest absolute Gasteiger partial charge is 0.307 e. The van der Waals surface area contributed by atoms with Crippen LogP contribution in [0.4, 0.5) is 0 Å². The van der Waals surface area contributed by atoms with E-state index in [2.05, 4.69) is 66.1 Å². The van der Waals surface area contributed by atoms with Crippen molar-refractivity contribution in [1.29, 1.82) is 0 Å². The summed E-state index contributed by atoms with van der Waals surface area (Å²) in [5.74, 6) is -0.783. The lowest BCUT2D eigenvalue weighted by Crippen LogP contribution is -2.55. The van der Waals surface area contributed by atoms with Crippen LogP contribution in [-0.4, -0.2) is 46.0 Å². The van der Waals surface area contributed by atoms with Crippen LogP contribution in [0.5, 0.6) is 0 Å². The fraction of sp³-hybridized carbons (Fsp3) is 0.409. The highest BCUT2D eigenvalue weighted by atomic mass is 16.4. The molecule has 4 nitrogen and oxygen atoms in total. The molecule has 0 bridgehead atoms. The van der Waals surface area contributed by atoms with Crippen molar-refractivity contribution in [2.45, 2.75) is 45.4 Å². The summed E-state index contributed by atoms with van der Waals surface area (Å²) < 4.78 is 0. The number of rotatable bonds is 6. The van der Waals surface area contributed by atoms with Crippen molar-refractivity contribution in [2.24, 2.45) is 0 Å². The van der Waals surface area contributed by atoms with Crippen molar-refractivity contribution in [3.8, 4) is 0 Å². The summed E-state index contributed by atoms with van der Waals surface area (Å²) in [5.41, 5.74) is 3.47. The standard InChI is InChI=1S/C22H28N2O2/c1-17-13-23(15-20-6-4-3-5-7-20)14-18(2)24(17)16-21-10-8-19(9-11-21)12-22(25)26/h3-11,17-18H,12-16H2,1-2H3,(H,25,26)/t17-,18+. The van der Waals surface area contributed by atoms with E-state index in [0.29, 0.717) is 12.1 Å². The van der Waals surface area contributed by atoms with Gasteiger partial charge in [0.15, 0.2) is 0 Å². The highest BCUT2D eigenvalue weighted by Gasteiger charge is 2.29. The Balaban J connectivity index is 1.58. The lowest BCUT2D eigenvalue weighted by molar-refractivity contribution is -0.136. The molecule has 1 aliphatic heterocycles. The summed E-state index contributed by atoms with van der Waals surface area (Å²) in [6.45, 7) is 8.65. The van der Waals surface area contributed by atoms with Crippen LogP contribution in [0, 0.1) is 0 Å². The Morgan fingerprint density at radius 1 is 0.885 bits per heavy atom. The van der Waals surface area contributed by atoms with Gasteiger partial charge in [-0.25, -0.2) is 0 Å². The predicted molar refractivity (Wildman–Crippen MR) is 104 cm³/mol. The van der Waals surface area contributed by atoms with Gasteiger partial charge in [0.2, 0.25) is 0 Å². The van der Waals surface area contributed by atoms with Crippen LogP contribution in [0.15, 0.2) is 54.6 Å². The summed E-state index contributed by atoms with van der Waals surface area (Å²) in [7, 11) is 0. The van der Waals surface area contributed by atoms with E-state index in [0.717, 1.165) is 31.7 Å². The first kappa shape index (κ1) is 18.6. The molecule has 0 unspecified atom stereocenters. The van der Waals surface area contributed by atoms with Crippen molar-refractivity contribution in [3.63, 3.8) is 0 Å². The predicted octanol–water partition coefficient (Wildman–Crippen LogP) is 3.41. The van der Waals surface area contributed by atoms with Gasteiger partial charge in [0.25, 0.3) is 0 Å². The second kappa shape index (κ2) is 8.47. The zero-order valence-corrected chi connectivity index (χ0v) is 15.6. The molecule has 1 saturated heterocycles. The maximum absolute atomic E-state index is 10.8. The molecule has 138 valence electrons. The van der Waals surface area contributed by atoms with E-state index in [-0.39, 0.29) is 6.42 Å². The van der Waals surface area contributed by atoms with Crippen molar-refractivity contribution in [3.05, 3.63) is 71.3 Å². The molecule has 0 spiro atoms. The molecule has 1 N–H and O–H groups in total. The Kier molecular flexibility index (Phi) is 6.07. The van der Waals surface area contributed by atoms with Crippen molar-refractivity contribution in [1.82, 2.24) is 9.80 Å². The molecule has 2 atom stereocenters. The lowest BCUT2D eigenvalue weighted by Gasteiger charge is -2.44. The number of hydrogen-bond acceptors (Lipinski definition) is 3. The molecule has 1 fully saturated rings. The first-order chi connectivity index (χ1) is 12.5. The van der Waals surface area contributed by atoms with E-state index < -0.39 is 5.97 Å². The molecule has 3 rings (SSSR count). The second-order valence-electron chi connectivity index (χ2n) is 7.44. The van der Waals surface area contributed by atoms with Crippen molar-refractivity contribution >= 4 is 5.97 Å². The van der Waals surface area contributed by atoms with E-state index in [1.165, 1.54) is 11.1 Å². The first-order valence-corrected chi connectivity index (χ1v) is 9.33. The van der Waals surface area contributed by atoms with Gasteiger partial charge in [-0.2, -0.15) is 0 Å². The van der Waals surface area contributed by atoms with Gasteiger partial charge in [-0.15, -0.1) is 0 Å². The topological polar surface area (TPSA) is 43.8 Å². The molecule has 0 radical (unpaired) electrons. The van der Waals surface area contributed by atoms with Crippen LogP contribution in [0.3, 0.4) is 0 Å². The summed E-state index contributed by atoms with van der Waals surface area (Å²) in [4.78, 5) is 15.9. The van der Waals surface area contributed by atoms with Crippen LogP contribution in [0.1, 0.15) is 30.5 Å². The van der Waals surface area contributed by atoms with Gasteiger partial charge in [0, 0.05) is 38.3 Å². The van der Waals surface area contributed by atoms with Gasteiger partial charge in [-0.05, 0) is 30.5 Å². The number of hydrogen-bond donors (Lipinski definition) is 1. The third kappa shape index (κ3) is 4.93. The summed E-state index contributed by atoms with van der Waals surface area (Å²) >= 11 is 0. The molecule has 0 saturated carbocycles. The largest absolute Gasteiger partial charge is 0.481 e. The third-order valence-corrected chi connectivity index (χ3v) is 5.17. The van der Waals surface area contributed by atoms with E-state index >= 15 is 0 Å². The SMILES string of the molecule is C[C@@H]1CN(Cc2ccccc2)C[C@H](C)N1Cc1ccc(CC(=O)O)cc1. The maximum atomic E-state index is 10.8. The van der Waals surface area contributed by atoms with Crippen LogP contribution in [-0.2, 0) is 24.3 Å². The van der Waals surface area contributed by atoms with Gasteiger partial charge < -0.3 is 5.11 Å². The number of piperazine rings is 1. The normalized spacial score (nSPS) is 21.6. The molecule has 2 aromatic carbocycles. The van der Waals surface area contributed by atoms with Gasteiger partial charge in [0.05, 0.1) is 6.42 Å². The van der Waals surface area contributed by atoms with Gasteiger partial charge in [-0.1, -0.05) is 54.6 Å². The fourth-order valence-corrected chi connectivity index (χ4v) is 3.90. The molecule has 0 amide bonds. The Labute approximate surface area is 156 Å². The Bertz CT molecular complexity index is 703. The van der Waals surface area contributed by atoms with Crippen LogP contribution in [0.2, 0.25) is 0 Å². The minimum atomic E-state index is -0.783. The zero-order valence-electron chi connectivity index (χ0n) is 15.6. The molecule has 2 aromatic rings. The third-order valence-electron chi connectivity index (χ3n) is 5.17. The summed E-state index contributed by atoms with van der Waals surface area (Å²) in [6, 6.07) is 19.6. The van der Waals surface area contributed by atoms with E-state index in [9.17, 15) is 4.79 Å². The first-order valence-electron chi connectivity index (χ1n) is 9.33. The average Bonchev–Trinajstić information content (AvgIpc) is 2.60. The summed E-state index contributed by atoms with van der Waals surface area (Å²) in [5, 5.41) is 8.88. The molecule has 1 aliphatic rings. The number of benzene rings is 2. The van der Waals surface area contributed by atoms with Crippen LogP contribution in [0.25, 0.3) is 0 Å². The molecule has 1 heterocycles. The fourth-order valence-electron chi connectivity index (χ4n) is 3.90. The van der Waals surface area contributed by atoms with Gasteiger partial charge in [-0.3, -0.25) is 14.6 Å². The Morgan fingerprint density at radius 3 is 2.00 bits per heavy atom. The summed E-state index contributed by atoms with van der Waals surface area (Å²) in [6.07, 6.45) is 0.0885. The number of aliphatic carboxylic acids is 1. The Hall–Kier alpha value is -2.17. The van der Waals surface area contributed by atoms with Gasteiger partial charge in [0.1, 0.15) is 0 Å². The molecular formula is C22H28N2O2. The van der Waals surface area contributed by atoms with E-state index in [1.807, 2.05) is 12.1 Å². The molecule has 0 aliphatic carbocycles. The highest BCUT2D eigenvalue weighted by Crippen LogP contribution is 2.21. The minimum absolute atomic E-state index is 0.0885. The number of carboxylic acid groups (broad SMARTS) is 1. The maximum Gasteiger partial charge on any atom is 0.307 e. The number of carbonyl (C=O) groups is 1. The monoisotopic (exact) mass is 352 g/mol. The van der Waals surface area contributed by atoms with E-state index in [4.69, 9.17) is 5.11 Å². The zero-order chi connectivity index (χ0) is 18.5. The van der Waals surface area contributed by atoms with Crippen LogP contribution < -0.4 is 0 Å². The number of nitrogens with zero attached hydrogens (tertiary/aromatic N) is 2. The molecule has 0 aromatic heterocycles. The lowest BCUT2D eigenvalue weighted by atomic mass is 10.0. The highest BCUT2D eigenvalue weighted by molar-refractivity contribution is 5.70. The van der Waals surface area contributed by atoms with Crippen LogP contribution >= 0.6 is 0 Å². The minimum Gasteiger partial charge on any atom is -0.481 e. The quantitative estimate of drug-likeness (QED) is 0.865. The van der Waals surface area contributed by atoms with Gasteiger partial charge >= 0.3 is 5.97 Å². The second-order valence-corrected chi connectivity index (χ2v) is 7.44. The number of carboxylic acids is 1. The Morgan fingerprint density at radius 2 is 1.42 bits per heavy atom. The molecule has 4 heteroatoms. The molecular weight excluding hydrogens is 324 g/mol.